The summed E-state index contributed by atoms with van der Waals surface area (Å²) in [6, 6.07) is 11.5. The molecular weight excluding hydrogens is 369 g/mol. The number of hydrogen-bond donors (Lipinski definition) is 0. The molecule has 0 spiro atoms. The average Bonchev–Trinajstić information content (AvgIpc) is 2.99. The molecule has 0 aliphatic carbocycles. The highest BCUT2D eigenvalue weighted by atomic mass is 19.1. The monoisotopic (exact) mass is 393 g/mol. The van der Waals surface area contributed by atoms with Crippen LogP contribution in [0.1, 0.15) is 36.0 Å². The smallest absolute Gasteiger partial charge is 0.351 e. The fraction of sp³-hybridized carbons (Fsp3) is 0.348. The minimum absolute atomic E-state index is 0.0951. The van der Waals surface area contributed by atoms with Crippen LogP contribution in [0.3, 0.4) is 0 Å². The zero-order valence-electron chi connectivity index (χ0n) is 16.5. The Bertz CT molecular complexity index is 963. The van der Waals surface area contributed by atoms with Crippen molar-refractivity contribution in [3.05, 3.63) is 65.0 Å². The number of imide groups is 1. The van der Waals surface area contributed by atoms with Gasteiger partial charge in [0.05, 0.1) is 6.54 Å². The molecule has 0 unspecified atom stereocenters. The van der Waals surface area contributed by atoms with Crippen molar-refractivity contribution < 1.29 is 14.0 Å². The Morgan fingerprint density at radius 3 is 2.41 bits per heavy atom. The van der Waals surface area contributed by atoms with E-state index in [2.05, 4.69) is 22.0 Å². The summed E-state index contributed by atoms with van der Waals surface area (Å²) in [4.78, 5) is 32.4. The lowest BCUT2D eigenvalue weighted by atomic mass is 10.0. The molecule has 5 nitrogen and oxygen atoms in total. The van der Waals surface area contributed by atoms with Gasteiger partial charge in [0.1, 0.15) is 11.5 Å². The standard InChI is InChI=1S/C23H24FN3O2/c1-16-13-20(26-11-3-2-4-12-26)10-7-18(16)14-21-22(28)27(23(29)25-21)15-17-5-8-19(24)9-6-17/h5-10,13H,2-4,11-12,14-15H2,1H3. The maximum absolute atomic E-state index is 13.1. The Balaban J connectivity index is 1.45. The van der Waals surface area contributed by atoms with Gasteiger partial charge in [-0.05, 0) is 67.1 Å². The topological polar surface area (TPSA) is 53.0 Å². The van der Waals surface area contributed by atoms with Crippen LogP contribution in [-0.4, -0.2) is 35.6 Å². The van der Waals surface area contributed by atoms with Crippen LogP contribution in [0.2, 0.25) is 0 Å². The van der Waals surface area contributed by atoms with Gasteiger partial charge in [-0.25, -0.2) is 9.18 Å². The van der Waals surface area contributed by atoms with E-state index < -0.39 is 6.03 Å². The zero-order chi connectivity index (χ0) is 20.4. The lowest BCUT2D eigenvalue weighted by Gasteiger charge is -2.29. The molecular formula is C23H24FN3O2. The predicted molar refractivity (Wildman–Crippen MR) is 111 cm³/mol. The third kappa shape index (κ3) is 4.21. The van der Waals surface area contributed by atoms with Crippen LogP contribution < -0.4 is 4.90 Å². The first-order valence-electron chi connectivity index (χ1n) is 10.0. The van der Waals surface area contributed by atoms with E-state index in [-0.39, 0.29) is 24.0 Å². The molecule has 1 fully saturated rings. The first kappa shape index (κ1) is 19.3. The molecule has 0 atom stereocenters. The van der Waals surface area contributed by atoms with Crippen molar-refractivity contribution in [2.45, 2.75) is 39.2 Å². The van der Waals surface area contributed by atoms with Gasteiger partial charge >= 0.3 is 6.03 Å². The molecule has 0 aromatic heterocycles. The lowest BCUT2D eigenvalue weighted by Crippen LogP contribution is -2.32. The summed E-state index contributed by atoms with van der Waals surface area (Å²) in [6.45, 7) is 4.28. The van der Waals surface area contributed by atoms with Crippen molar-refractivity contribution in [2.75, 3.05) is 18.0 Å². The van der Waals surface area contributed by atoms with E-state index in [9.17, 15) is 14.0 Å². The third-order valence-corrected chi connectivity index (χ3v) is 5.61. The van der Waals surface area contributed by atoms with Gasteiger partial charge in [0.25, 0.3) is 5.91 Å². The van der Waals surface area contributed by atoms with Crippen LogP contribution in [0.4, 0.5) is 14.9 Å². The van der Waals surface area contributed by atoms with Gasteiger partial charge in [-0.1, -0.05) is 18.2 Å². The quantitative estimate of drug-likeness (QED) is 0.762. The number of rotatable bonds is 5. The number of nitrogens with zero attached hydrogens (tertiary/aromatic N) is 3. The second-order valence-corrected chi connectivity index (χ2v) is 7.69. The molecule has 2 aromatic carbocycles. The highest BCUT2D eigenvalue weighted by Crippen LogP contribution is 2.24. The molecule has 2 aliphatic rings. The summed E-state index contributed by atoms with van der Waals surface area (Å²) in [5.74, 6) is -0.730. The Hall–Kier alpha value is -3.02. The molecule has 29 heavy (non-hydrogen) atoms. The van der Waals surface area contributed by atoms with Gasteiger partial charge < -0.3 is 4.90 Å². The number of benzene rings is 2. The molecule has 2 heterocycles. The fourth-order valence-corrected chi connectivity index (χ4v) is 3.90. The van der Waals surface area contributed by atoms with Crippen molar-refractivity contribution >= 4 is 23.3 Å². The number of aliphatic imine (C=N–C) groups is 1. The molecule has 0 N–H and O–H groups in total. The van der Waals surface area contributed by atoms with Gasteiger partial charge in [-0.2, -0.15) is 4.99 Å². The SMILES string of the molecule is Cc1cc(N2CCCCC2)ccc1CC1=NC(=O)N(Cc2ccc(F)cc2)C1=O. The summed E-state index contributed by atoms with van der Waals surface area (Å²) in [5.41, 5.74) is 4.24. The largest absolute Gasteiger partial charge is 0.372 e. The van der Waals surface area contributed by atoms with Crippen molar-refractivity contribution in [2.24, 2.45) is 4.99 Å². The highest BCUT2D eigenvalue weighted by molar-refractivity contribution is 6.46. The molecule has 2 aromatic rings. The summed E-state index contributed by atoms with van der Waals surface area (Å²) in [5, 5.41) is 0. The predicted octanol–water partition coefficient (Wildman–Crippen LogP) is 4.27. The molecule has 1 saturated heterocycles. The van der Waals surface area contributed by atoms with E-state index in [0.29, 0.717) is 12.0 Å². The number of urea groups is 1. The van der Waals surface area contributed by atoms with Crippen LogP contribution in [0.15, 0.2) is 47.5 Å². The Kier molecular flexibility index (Phi) is 5.43. The normalized spacial score (nSPS) is 17.1. The molecule has 0 saturated carbocycles. The highest BCUT2D eigenvalue weighted by Gasteiger charge is 2.33. The number of piperidine rings is 1. The zero-order valence-corrected chi connectivity index (χ0v) is 16.5. The van der Waals surface area contributed by atoms with E-state index in [0.717, 1.165) is 29.1 Å². The summed E-state index contributed by atoms with van der Waals surface area (Å²) in [6.07, 6.45) is 4.06. The minimum atomic E-state index is -0.558. The number of aryl methyl sites for hydroxylation is 1. The average molecular weight is 393 g/mol. The summed E-state index contributed by atoms with van der Waals surface area (Å²) in [7, 11) is 0. The number of carbonyl (C=O) groups excluding carboxylic acids is 2. The number of halogens is 1. The molecule has 150 valence electrons. The van der Waals surface area contributed by atoms with Crippen molar-refractivity contribution in [3.8, 4) is 0 Å². The van der Waals surface area contributed by atoms with Gasteiger partial charge in [-0.15, -0.1) is 0 Å². The fourth-order valence-electron chi connectivity index (χ4n) is 3.90. The van der Waals surface area contributed by atoms with Gasteiger partial charge in [-0.3, -0.25) is 9.69 Å². The second-order valence-electron chi connectivity index (χ2n) is 7.69. The maximum atomic E-state index is 13.1. The molecule has 6 heteroatoms. The maximum Gasteiger partial charge on any atom is 0.351 e. The number of carbonyl (C=O) groups is 2. The first-order chi connectivity index (χ1) is 14.0. The molecule has 0 radical (unpaired) electrons. The number of anilines is 1. The van der Waals surface area contributed by atoms with Crippen molar-refractivity contribution in [1.82, 2.24) is 4.90 Å². The van der Waals surface area contributed by atoms with E-state index in [4.69, 9.17) is 0 Å². The van der Waals surface area contributed by atoms with Crippen LogP contribution in [0, 0.1) is 12.7 Å². The number of hydrogen-bond acceptors (Lipinski definition) is 3. The van der Waals surface area contributed by atoms with Crippen LogP contribution in [-0.2, 0) is 17.8 Å². The second kappa shape index (κ2) is 8.15. The van der Waals surface area contributed by atoms with E-state index in [1.54, 1.807) is 12.1 Å². The Morgan fingerprint density at radius 2 is 1.72 bits per heavy atom. The van der Waals surface area contributed by atoms with Gasteiger partial charge in [0, 0.05) is 25.2 Å². The van der Waals surface area contributed by atoms with E-state index in [1.165, 1.54) is 37.1 Å². The Labute approximate surface area is 169 Å². The van der Waals surface area contributed by atoms with E-state index >= 15 is 0 Å². The molecule has 0 bridgehead atoms. The number of amides is 3. The van der Waals surface area contributed by atoms with Crippen LogP contribution in [0.25, 0.3) is 0 Å². The van der Waals surface area contributed by atoms with Crippen molar-refractivity contribution in [3.63, 3.8) is 0 Å². The Morgan fingerprint density at radius 1 is 1.00 bits per heavy atom. The van der Waals surface area contributed by atoms with E-state index in [1.807, 2.05) is 13.0 Å². The summed E-state index contributed by atoms with van der Waals surface area (Å²) < 4.78 is 13.1. The van der Waals surface area contributed by atoms with Gasteiger partial charge in [0.2, 0.25) is 0 Å². The van der Waals surface area contributed by atoms with Gasteiger partial charge in [0.15, 0.2) is 0 Å². The van der Waals surface area contributed by atoms with Crippen molar-refractivity contribution in [1.29, 1.82) is 0 Å². The van der Waals surface area contributed by atoms with Crippen LogP contribution >= 0.6 is 0 Å². The summed E-state index contributed by atoms with van der Waals surface area (Å²) >= 11 is 0. The molecule has 4 rings (SSSR count). The van der Waals surface area contributed by atoms with Crippen LogP contribution in [0.5, 0.6) is 0 Å². The molecule has 2 aliphatic heterocycles. The third-order valence-electron chi connectivity index (χ3n) is 5.61. The molecule has 3 amide bonds. The lowest BCUT2D eigenvalue weighted by molar-refractivity contribution is -0.121. The minimum Gasteiger partial charge on any atom is -0.372 e. The first-order valence-corrected chi connectivity index (χ1v) is 10.0.